The lowest BCUT2D eigenvalue weighted by Gasteiger charge is -1.74. The van der Waals surface area contributed by atoms with Crippen molar-refractivity contribution in [2.45, 2.75) is 0 Å². The van der Waals surface area contributed by atoms with Gasteiger partial charge in [-0.05, 0) is 0 Å². The molecule has 7 heteroatoms. The molecule has 0 bridgehead atoms. The summed E-state index contributed by atoms with van der Waals surface area (Å²) in [5.41, 5.74) is 9.50. The average molecular weight is 136 g/mol. The third-order valence-electron chi connectivity index (χ3n) is 0.167. The van der Waals surface area contributed by atoms with Gasteiger partial charge in [-0.1, -0.05) is 0 Å². The zero-order valence-corrected chi connectivity index (χ0v) is 4.50. The SMILES string of the molecule is N[NH+]=C(N)N.O=C([O-])O. The number of hydrazine groups is 1. The molecule has 0 spiro atoms. The highest BCUT2D eigenvalue weighted by Gasteiger charge is 1.72. The first-order valence-electron chi connectivity index (χ1n) is 1.75. The van der Waals surface area contributed by atoms with E-state index in [1.807, 2.05) is 5.10 Å². The van der Waals surface area contributed by atoms with Gasteiger partial charge in [0.15, 0.2) is 0 Å². The molecule has 8 N–H and O–H groups in total. The molecular weight excluding hydrogens is 128 g/mol. The van der Waals surface area contributed by atoms with E-state index < -0.39 is 6.16 Å². The molecule has 0 atom stereocenters. The van der Waals surface area contributed by atoms with Gasteiger partial charge in [-0.3, -0.25) is 17.3 Å². The van der Waals surface area contributed by atoms with Gasteiger partial charge in [0.25, 0.3) is 0 Å². The van der Waals surface area contributed by atoms with Crippen molar-refractivity contribution < 1.29 is 20.1 Å². The summed E-state index contributed by atoms with van der Waals surface area (Å²) in [5, 5.41) is 17.3. The van der Waals surface area contributed by atoms with Crippen LogP contribution in [0.1, 0.15) is 0 Å². The van der Waals surface area contributed by atoms with E-state index in [0.717, 1.165) is 0 Å². The average Bonchev–Trinajstić information content (AvgIpc) is 1.65. The predicted molar refractivity (Wildman–Crippen MR) is 26.6 cm³/mol. The lowest BCUT2D eigenvalue weighted by Crippen LogP contribution is -2.84. The molecular formula is C2H8N4O3. The molecule has 0 aromatic rings. The number of carbonyl (C=O) groups is 1. The Morgan fingerprint density at radius 1 is 1.56 bits per heavy atom. The van der Waals surface area contributed by atoms with Crippen LogP contribution in [-0.2, 0) is 0 Å². The largest absolute Gasteiger partial charge is 0.565 e. The summed E-state index contributed by atoms with van der Waals surface area (Å²) >= 11 is 0. The first-order chi connectivity index (χ1) is 4.00. The maximum absolute atomic E-state index is 8.44. The monoisotopic (exact) mass is 136 g/mol. The highest BCUT2D eigenvalue weighted by Crippen LogP contribution is 1.32. The zero-order valence-electron chi connectivity index (χ0n) is 4.50. The van der Waals surface area contributed by atoms with E-state index in [0.29, 0.717) is 0 Å². The van der Waals surface area contributed by atoms with Crippen LogP contribution in [0.25, 0.3) is 0 Å². The smallest absolute Gasteiger partial charge is 0.360 e. The van der Waals surface area contributed by atoms with Crippen LogP contribution in [0.2, 0.25) is 0 Å². The number of rotatable bonds is 0. The minimum Gasteiger partial charge on any atom is -0.565 e. The number of nitrogens with one attached hydrogen (secondary N) is 1. The molecule has 0 heterocycles. The number of carboxylic acid groups (broad SMARTS) is 2. The van der Waals surface area contributed by atoms with Crippen molar-refractivity contribution in [3.8, 4) is 0 Å². The van der Waals surface area contributed by atoms with E-state index >= 15 is 0 Å². The maximum Gasteiger partial charge on any atom is 0.360 e. The van der Waals surface area contributed by atoms with Gasteiger partial charge < -0.3 is 15.0 Å². The Bertz CT molecular complexity index is 102. The fraction of sp³-hybridized carbons (Fsp3) is 0. The molecule has 54 valence electrons. The van der Waals surface area contributed by atoms with Crippen LogP contribution in [0.3, 0.4) is 0 Å². The van der Waals surface area contributed by atoms with E-state index in [1.54, 1.807) is 0 Å². The number of hydrogen-bond donors (Lipinski definition) is 5. The summed E-state index contributed by atoms with van der Waals surface area (Å²) in [6.45, 7) is 0. The molecule has 0 saturated carbocycles. The fourth-order valence-corrected chi connectivity index (χ4v) is 0. The normalized spacial score (nSPS) is 6.22. The van der Waals surface area contributed by atoms with E-state index in [9.17, 15) is 0 Å². The number of nitrogens with two attached hydrogens (primary N) is 3. The standard InChI is InChI=1S/CH6N4.CH2O3/c2-1(3)5-4;2-1(3)4/h4H2,(H4,2,3,5);(H2,2,3,4). The third kappa shape index (κ3) is 1030. The van der Waals surface area contributed by atoms with Crippen LogP contribution in [-0.4, -0.2) is 17.2 Å². The second-order valence-electron chi connectivity index (χ2n) is 0.866. The van der Waals surface area contributed by atoms with Crippen molar-refractivity contribution in [3.63, 3.8) is 0 Å². The van der Waals surface area contributed by atoms with Gasteiger partial charge >= 0.3 is 5.96 Å². The van der Waals surface area contributed by atoms with Crippen LogP contribution in [0.15, 0.2) is 0 Å². The van der Waals surface area contributed by atoms with E-state index in [4.69, 9.17) is 26.5 Å². The number of hydrogen-bond acceptors (Lipinski definition) is 3. The number of guanidine groups is 1. The topological polar surface area (TPSA) is 152 Å². The molecule has 9 heavy (non-hydrogen) atoms. The van der Waals surface area contributed by atoms with Gasteiger partial charge in [0.2, 0.25) is 6.16 Å². The second-order valence-corrected chi connectivity index (χ2v) is 0.866. The van der Waals surface area contributed by atoms with Crippen molar-refractivity contribution in [2.75, 3.05) is 0 Å². The Hall–Kier alpha value is -1.66. The fourth-order valence-electron chi connectivity index (χ4n) is 0. The molecule has 0 fully saturated rings. The minimum absolute atomic E-state index is 0.0324. The predicted octanol–water partition coefficient (Wildman–Crippen LogP) is -4.90. The Labute approximate surface area is 50.7 Å². The summed E-state index contributed by atoms with van der Waals surface area (Å²) in [5.74, 6) is 4.67. The van der Waals surface area contributed by atoms with Crippen molar-refractivity contribution in [2.24, 2.45) is 17.3 Å². The molecule has 0 rings (SSSR count). The van der Waals surface area contributed by atoms with Gasteiger partial charge in [0.1, 0.15) is 0 Å². The van der Waals surface area contributed by atoms with E-state index in [1.165, 1.54) is 0 Å². The van der Waals surface area contributed by atoms with Gasteiger partial charge in [0, 0.05) is 0 Å². The van der Waals surface area contributed by atoms with Gasteiger partial charge in [-0.2, -0.15) is 5.10 Å². The molecule has 0 radical (unpaired) electrons. The summed E-state index contributed by atoms with van der Waals surface area (Å²) in [4.78, 5) is 8.44. The number of hydrazone groups is 1. The molecule has 0 aliphatic heterocycles. The van der Waals surface area contributed by atoms with Gasteiger partial charge in [-0.15, -0.1) is 0 Å². The Morgan fingerprint density at radius 3 is 1.67 bits per heavy atom. The molecule has 0 aromatic carbocycles. The molecule has 0 aliphatic rings. The first-order valence-corrected chi connectivity index (χ1v) is 1.75. The van der Waals surface area contributed by atoms with Crippen LogP contribution < -0.4 is 27.5 Å². The minimum atomic E-state index is -2.08. The lowest BCUT2D eigenvalue weighted by molar-refractivity contribution is -0.471. The van der Waals surface area contributed by atoms with Crippen LogP contribution in [0.5, 0.6) is 0 Å². The zero-order chi connectivity index (χ0) is 7.86. The maximum atomic E-state index is 8.44. The third-order valence-corrected chi connectivity index (χ3v) is 0.167. The highest BCUT2D eigenvalue weighted by molar-refractivity contribution is 5.68. The van der Waals surface area contributed by atoms with Gasteiger partial charge in [-0.25, -0.2) is 0 Å². The Morgan fingerprint density at radius 2 is 1.67 bits per heavy atom. The van der Waals surface area contributed by atoms with Crippen molar-refractivity contribution in [1.82, 2.24) is 0 Å². The molecule has 0 saturated heterocycles. The summed E-state index contributed by atoms with van der Waals surface area (Å²) in [6.07, 6.45) is -2.08. The van der Waals surface area contributed by atoms with Crippen molar-refractivity contribution >= 4 is 12.1 Å². The first kappa shape index (κ1) is 10.3. The van der Waals surface area contributed by atoms with E-state index in [-0.39, 0.29) is 5.96 Å². The van der Waals surface area contributed by atoms with Crippen LogP contribution >= 0.6 is 0 Å². The molecule has 0 aliphatic carbocycles. The quantitative estimate of drug-likeness (QED) is 0.0973. The van der Waals surface area contributed by atoms with Crippen LogP contribution in [0, 0.1) is 0 Å². The highest BCUT2D eigenvalue weighted by atomic mass is 16.6. The Balaban J connectivity index is 0. The second kappa shape index (κ2) is 6.34. The molecule has 0 amide bonds. The Kier molecular flexibility index (Phi) is 7.29. The summed E-state index contributed by atoms with van der Waals surface area (Å²) < 4.78 is 0. The van der Waals surface area contributed by atoms with Crippen molar-refractivity contribution in [3.05, 3.63) is 0 Å². The molecule has 7 nitrogen and oxygen atoms in total. The van der Waals surface area contributed by atoms with Crippen LogP contribution in [0.4, 0.5) is 4.79 Å². The molecule has 0 aromatic heterocycles. The summed E-state index contributed by atoms with van der Waals surface area (Å²) in [7, 11) is 0. The summed E-state index contributed by atoms with van der Waals surface area (Å²) in [6, 6.07) is 0. The van der Waals surface area contributed by atoms with Crippen molar-refractivity contribution in [1.29, 1.82) is 0 Å². The molecule has 0 unspecified atom stereocenters. The van der Waals surface area contributed by atoms with E-state index in [2.05, 4.69) is 5.84 Å². The van der Waals surface area contributed by atoms with Gasteiger partial charge in [0.05, 0.1) is 0 Å². The lowest BCUT2D eigenvalue weighted by atomic mass is 11.1.